The second-order valence-electron chi connectivity index (χ2n) is 4.65. The number of halogens is 2. The Balaban J connectivity index is 2.30. The van der Waals surface area contributed by atoms with Crippen LogP contribution >= 0.6 is 23.2 Å². The van der Waals surface area contributed by atoms with Crippen molar-refractivity contribution in [2.75, 3.05) is 26.2 Å². The van der Waals surface area contributed by atoms with Crippen molar-refractivity contribution in [3.8, 4) is 0 Å². The topological polar surface area (TPSA) is 58.4 Å². The zero-order chi connectivity index (χ0) is 13.8. The molecule has 0 aliphatic carbocycles. The summed E-state index contributed by atoms with van der Waals surface area (Å²) in [7, 11) is 0. The summed E-state index contributed by atoms with van der Waals surface area (Å²) in [4.78, 5) is 13.9. The Morgan fingerprint density at radius 3 is 2.53 bits per heavy atom. The van der Waals surface area contributed by atoms with Crippen LogP contribution in [0.3, 0.4) is 0 Å². The van der Waals surface area contributed by atoms with Gasteiger partial charge in [0.1, 0.15) is 6.04 Å². The number of nitrogens with zero attached hydrogens (tertiary/aromatic N) is 1. The molecular formula is C13H17Cl2N3O. The van der Waals surface area contributed by atoms with E-state index in [1.54, 1.807) is 18.2 Å². The third-order valence-electron chi connectivity index (χ3n) is 3.21. The van der Waals surface area contributed by atoms with Gasteiger partial charge in [0.05, 0.1) is 0 Å². The van der Waals surface area contributed by atoms with Crippen molar-refractivity contribution in [1.82, 2.24) is 10.2 Å². The van der Waals surface area contributed by atoms with Crippen molar-refractivity contribution in [2.45, 2.75) is 12.5 Å². The fourth-order valence-electron chi connectivity index (χ4n) is 2.41. The third-order valence-corrected chi connectivity index (χ3v) is 3.65. The number of rotatable bonds is 3. The molecule has 1 aromatic carbocycles. The van der Waals surface area contributed by atoms with Crippen molar-refractivity contribution < 1.29 is 4.79 Å². The highest BCUT2D eigenvalue weighted by Gasteiger charge is 2.26. The van der Waals surface area contributed by atoms with E-state index in [9.17, 15) is 4.79 Å². The molecule has 0 saturated carbocycles. The minimum atomic E-state index is -0.476. The number of hydrogen-bond acceptors (Lipinski definition) is 3. The minimum absolute atomic E-state index is 0.375. The lowest BCUT2D eigenvalue weighted by atomic mass is 10.0. The average Bonchev–Trinajstić information content (AvgIpc) is 2.56. The molecule has 0 aromatic heterocycles. The number of amides is 1. The quantitative estimate of drug-likeness (QED) is 0.895. The summed E-state index contributed by atoms with van der Waals surface area (Å²) < 4.78 is 0. The highest BCUT2D eigenvalue weighted by atomic mass is 35.5. The van der Waals surface area contributed by atoms with E-state index in [-0.39, 0.29) is 5.91 Å². The Labute approximate surface area is 122 Å². The lowest BCUT2D eigenvalue weighted by Crippen LogP contribution is -2.39. The molecule has 1 unspecified atom stereocenters. The van der Waals surface area contributed by atoms with E-state index in [0.717, 1.165) is 38.2 Å². The number of nitrogens with one attached hydrogen (secondary N) is 1. The van der Waals surface area contributed by atoms with Crippen molar-refractivity contribution in [3.63, 3.8) is 0 Å². The van der Waals surface area contributed by atoms with Gasteiger partial charge in [-0.2, -0.15) is 0 Å². The largest absolute Gasteiger partial charge is 0.368 e. The smallest absolute Gasteiger partial charge is 0.239 e. The molecule has 1 heterocycles. The highest BCUT2D eigenvalue weighted by molar-refractivity contribution is 6.34. The summed E-state index contributed by atoms with van der Waals surface area (Å²) in [5.41, 5.74) is 6.32. The van der Waals surface area contributed by atoms with Crippen LogP contribution in [0.5, 0.6) is 0 Å². The monoisotopic (exact) mass is 301 g/mol. The molecule has 1 atom stereocenters. The van der Waals surface area contributed by atoms with Gasteiger partial charge in [0.25, 0.3) is 0 Å². The zero-order valence-corrected chi connectivity index (χ0v) is 12.0. The van der Waals surface area contributed by atoms with E-state index in [1.807, 2.05) is 0 Å². The van der Waals surface area contributed by atoms with Gasteiger partial charge in [-0.3, -0.25) is 9.69 Å². The molecule has 0 radical (unpaired) electrons. The molecule has 1 amide bonds. The van der Waals surface area contributed by atoms with Crippen LogP contribution in [-0.4, -0.2) is 37.0 Å². The second kappa shape index (κ2) is 6.57. The maximum atomic E-state index is 11.8. The Morgan fingerprint density at radius 2 is 1.89 bits per heavy atom. The van der Waals surface area contributed by atoms with Crippen molar-refractivity contribution in [1.29, 1.82) is 0 Å². The molecular weight excluding hydrogens is 285 g/mol. The molecule has 1 aromatic rings. The van der Waals surface area contributed by atoms with E-state index in [4.69, 9.17) is 28.9 Å². The lowest BCUT2D eigenvalue weighted by Gasteiger charge is -2.28. The second-order valence-corrected chi connectivity index (χ2v) is 5.52. The first-order valence-electron chi connectivity index (χ1n) is 6.28. The van der Waals surface area contributed by atoms with Crippen LogP contribution in [0.1, 0.15) is 18.0 Å². The van der Waals surface area contributed by atoms with E-state index >= 15 is 0 Å². The molecule has 4 nitrogen and oxygen atoms in total. The zero-order valence-electron chi connectivity index (χ0n) is 10.5. The number of benzene rings is 1. The number of primary amides is 1. The SMILES string of the molecule is NC(=O)C(c1cc(Cl)cc(Cl)c1)N1CCCNCC1. The van der Waals surface area contributed by atoms with Crippen LogP contribution in [0.15, 0.2) is 18.2 Å². The van der Waals surface area contributed by atoms with Crippen LogP contribution in [0.25, 0.3) is 0 Å². The van der Waals surface area contributed by atoms with Crippen LogP contribution in [0, 0.1) is 0 Å². The summed E-state index contributed by atoms with van der Waals surface area (Å²) >= 11 is 12.0. The molecule has 0 bridgehead atoms. The molecule has 1 aliphatic rings. The van der Waals surface area contributed by atoms with Gasteiger partial charge >= 0.3 is 0 Å². The predicted octanol–water partition coefficient (Wildman–Crippen LogP) is 1.82. The van der Waals surface area contributed by atoms with E-state index in [2.05, 4.69) is 10.2 Å². The Bertz CT molecular complexity index is 439. The van der Waals surface area contributed by atoms with Gasteiger partial charge in [-0.15, -0.1) is 0 Å². The van der Waals surface area contributed by atoms with Crippen LogP contribution in [-0.2, 0) is 4.79 Å². The Kier molecular flexibility index (Phi) is 5.05. The van der Waals surface area contributed by atoms with E-state index < -0.39 is 6.04 Å². The normalized spacial score (nSPS) is 18.8. The fraction of sp³-hybridized carbons (Fsp3) is 0.462. The summed E-state index contributed by atoms with van der Waals surface area (Å²) in [5.74, 6) is -0.375. The standard InChI is InChI=1S/C13H17Cl2N3O/c14-10-6-9(7-11(15)8-10)12(13(16)19)18-4-1-2-17-3-5-18/h6-8,12,17H,1-5H2,(H2,16,19). The first kappa shape index (κ1) is 14.6. The Morgan fingerprint density at radius 1 is 1.21 bits per heavy atom. The van der Waals surface area contributed by atoms with Gasteiger partial charge in [0.15, 0.2) is 0 Å². The molecule has 1 fully saturated rings. The van der Waals surface area contributed by atoms with Crippen molar-refractivity contribution >= 4 is 29.1 Å². The van der Waals surface area contributed by atoms with Gasteiger partial charge < -0.3 is 11.1 Å². The molecule has 2 rings (SSSR count). The van der Waals surface area contributed by atoms with Gasteiger partial charge in [-0.05, 0) is 36.7 Å². The lowest BCUT2D eigenvalue weighted by molar-refractivity contribution is -0.123. The minimum Gasteiger partial charge on any atom is -0.368 e. The van der Waals surface area contributed by atoms with Gasteiger partial charge in [0.2, 0.25) is 5.91 Å². The number of nitrogens with two attached hydrogens (primary N) is 1. The van der Waals surface area contributed by atoms with E-state index in [1.165, 1.54) is 0 Å². The van der Waals surface area contributed by atoms with Gasteiger partial charge in [-0.25, -0.2) is 0 Å². The molecule has 104 valence electrons. The van der Waals surface area contributed by atoms with Crippen molar-refractivity contribution in [2.24, 2.45) is 5.73 Å². The number of carbonyl (C=O) groups is 1. The summed E-state index contributed by atoms with van der Waals surface area (Å²) in [6.45, 7) is 3.40. The summed E-state index contributed by atoms with van der Waals surface area (Å²) in [6.07, 6.45) is 0.984. The number of hydrogen-bond donors (Lipinski definition) is 2. The molecule has 3 N–H and O–H groups in total. The summed E-state index contributed by atoms with van der Waals surface area (Å²) in [5, 5.41) is 4.33. The third kappa shape index (κ3) is 3.83. The summed E-state index contributed by atoms with van der Waals surface area (Å²) in [6, 6.07) is 4.67. The average molecular weight is 302 g/mol. The van der Waals surface area contributed by atoms with Crippen LogP contribution < -0.4 is 11.1 Å². The molecule has 1 saturated heterocycles. The maximum absolute atomic E-state index is 11.8. The van der Waals surface area contributed by atoms with Crippen LogP contribution in [0.2, 0.25) is 10.0 Å². The fourth-order valence-corrected chi connectivity index (χ4v) is 2.96. The molecule has 19 heavy (non-hydrogen) atoms. The highest BCUT2D eigenvalue weighted by Crippen LogP contribution is 2.27. The molecule has 0 spiro atoms. The molecule has 6 heteroatoms. The first-order chi connectivity index (χ1) is 9.08. The predicted molar refractivity (Wildman–Crippen MR) is 77.5 cm³/mol. The first-order valence-corrected chi connectivity index (χ1v) is 7.03. The maximum Gasteiger partial charge on any atom is 0.239 e. The van der Waals surface area contributed by atoms with Crippen LogP contribution in [0.4, 0.5) is 0 Å². The number of carbonyl (C=O) groups excluding carboxylic acids is 1. The van der Waals surface area contributed by atoms with Crippen molar-refractivity contribution in [3.05, 3.63) is 33.8 Å². The molecule has 1 aliphatic heterocycles. The van der Waals surface area contributed by atoms with E-state index in [0.29, 0.717) is 10.0 Å². The Hall–Kier alpha value is -0.810. The van der Waals surface area contributed by atoms with Gasteiger partial charge in [-0.1, -0.05) is 23.2 Å². The van der Waals surface area contributed by atoms with Gasteiger partial charge in [0, 0.05) is 29.7 Å².